The molecule has 1 N–H and O–H groups in total. The molecular formula is C11H9Cl2F3N2S. The van der Waals surface area contributed by atoms with Gasteiger partial charge < -0.3 is 9.55 Å². The molecule has 0 spiro atoms. The molecule has 0 amide bonds. The highest BCUT2D eigenvalue weighted by Crippen LogP contribution is 2.28. The van der Waals surface area contributed by atoms with Crippen LogP contribution in [-0.4, -0.2) is 15.7 Å². The third-order valence-corrected chi connectivity index (χ3v) is 3.70. The predicted molar refractivity (Wildman–Crippen MR) is 72.4 cm³/mol. The normalized spacial score (nSPS) is 12.3. The number of nitrogens with one attached hydrogen (secondary N) is 1. The third kappa shape index (κ3) is 3.43. The minimum atomic E-state index is -4.16. The lowest BCUT2D eigenvalue weighted by Crippen LogP contribution is -2.09. The summed E-state index contributed by atoms with van der Waals surface area (Å²) in [7, 11) is 0. The van der Waals surface area contributed by atoms with Crippen LogP contribution in [-0.2, 0) is 6.54 Å². The van der Waals surface area contributed by atoms with Crippen molar-refractivity contribution >= 4 is 46.5 Å². The molecule has 0 saturated heterocycles. The van der Waals surface area contributed by atoms with E-state index in [-0.39, 0.29) is 13.0 Å². The second kappa shape index (κ2) is 5.34. The van der Waals surface area contributed by atoms with Crippen molar-refractivity contribution in [2.24, 2.45) is 0 Å². The van der Waals surface area contributed by atoms with Crippen LogP contribution in [0.15, 0.2) is 12.1 Å². The van der Waals surface area contributed by atoms with E-state index in [1.165, 1.54) is 0 Å². The van der Waals surface area contributed by atoms with Crippen LogP contribution in [0.5, 0.6) is 0 Å². The maximum absolute atomic E-state index is 12.1. The van der Waals surface area contributed by atoms with Crippen molar-refractivity contribution in [3.05, 3.63) is 26.9 Å². The molecule has 19 heavy (non-hydrogen) atoms. The molecule has 0 radical (unpaired) electrons. The van der Waals surface area contributed by atoms with Crippen molar-refractivity contribution in [1.29, 1.82) is 0 Å². The van der Waals surface area contributed by atoms with E-state index in [2.05, 4.69) is 4.98 Å². The van der Waals surface area contributed by atoms with E-state index in [9.17, 15) is 13.2 Å². The number of hydrogen-bond acceptors (Lipinski definition) is 1. The molecule has 0 unspecified atom stereocenters. The fraction of sp³-hybridized carbons (Fsp3) is 0.364. The van der Waals surface area contributed by atoms with Crippen LogP contribution in [0.3, 0.4) is 0 Å². The van der Waals surface area contributed by atoms with Gasteiger partial charge in [-0.15, -0.1) is 0 Å². The van der Waals surface area contributed by atoms with Gasteiger partial charge in [-0.3, -0.25) is 0 Å². The predicted octanol–water partition coefficient (Wildman–Crippen LogP) is 5.35. The van der Waals surface area contributed by atoms with Gasteiger partial charge in [-0.2, -0.15) is 13.2 Å². The number of hydrogen-bond donors (Lipinski definition) is 1. The molecule has 1 aromatic carbocycles. The molecule has 0 bridgehead atoms. The van der Waals surface area contributed by atoms with Gasteiger partial charge >= 0.3 is 6.18 Å². The number of aryl methyl sites for hydroxylation is 1. The van der Waals surface area contributed by atoms with Crippen molar-refractivity contribution in [2.75, 3.05) is 0 Å². The lowest BCUT2D eigenvalue weighted by atomic mass is 10.3. The number of aromatic amines is 1. The molecule has 0 atom stereocenters. The molecule has 0 aliphatic carbocycles. The number of nitrogens with zero attached hydrogens (tertiary/aromatic N) is 1. The number of aromatic nitrogens is 2. The van der Waals surface area contributed by atoms with Gasteiger partial charge in [0, 0.05) is 13.0 Å². The average Bonchev–Trinajstić information content (AvgIpc) is 2.55. The topological polar surface area (TPSA) is 20.7 Å². The second-order valence-electron chi connectivity index (χ2n) is 4.08. The zero-order valence-electron chi connectivity index (χ0n) is 9.52. The standard InChI is InChI=1S/C11H9Cl2F3N2S/c12-6-4-8-9(5-7(6)13)18(10(19)17-8)3-1-2-11(14,15)16/h4-5H,1-3H2,(H,17,19). The van der Waals surface area contributed by atoms with Gasteiger partial charge in [0.15, 0.2) is 4.77 Å². The maximum atomic E-state index is 12.1. The highest BCUT2D eigenvalue weighted by Gasteiger charge is 2.26. The van der Waals surface area contributed by atoms with Crippen LogP contribution in [0.2, 0.25) is 10.0 Å². The molecule has 1 heterocycles. The molecule has 104 valence electrons. The summed E-state index contributed by atoms with van der Waals surface area (Å²) >= 11 is 16.9. The Kier molecular flexibility index (Phi) is 4.13. The fourth-order valence-electron chi connectivity index (χ4n) is 1.81. The van der Waals surface area contributed by atoms with Crippen LogP contribution >= 0.6 is 35.4 Å². The highest BCUT2D eigenvalue weighted by atomic mass is 35.5. The third-order valence-electron chi connectivity index (χ3n) is 2.66. The van der Waals surface area contributed by atoms with Gasteiger partial charge in [-0.1, -0.05) is 23.2 Å². The van der Waals surface area contributed by atoms with Gasteiger partial charge in [0.2, 0.25) is 0 Å². The quantitative estimate of drug-likeness (QED) is 0.753. The zero-order chi connectivity index (χ0) is 14.2. The molecule has 1 aromatic heterocycles. The first-order chi connectivity index (χ1) is 8.78. The smallest absolute Gasteiger partial charge is 0.331 e. The van der Waals surface area contributed by atoms with E-state index in [1.807, 2.05) is 0 Å². The first kappa shape index (κ1) is 14.7. The van der Waals surface area contributed by atoms with Crippen molar-refractivity contribution in [3.63, 3.8) is 0 Å². The Bertz CT molecular complexity index is 660. The number of fused-ring (bicyclic) bond motifs is 1. The molecule has 0 aliphatic rings. The van der Waals surface area contributed by atoms with Crippen LogP contribution in [0, 0.1) is 4.77 Å². The summed E-state index contributed by atoms with van der Waals surface area (Å²) in [6.07, 6.45) is -5.04. The number of rotatable bonds is 3. The monoisotopic (exact) mass is 328 g/mol. The van der Waals surface area contributed by atoms with Crippen molar-refractivity contribution in [1.82, 2.24) is 9.55 Å². The summed E-state index contributed by atoms with van der Waals surface area (Å²) in [4.78, 5) is 2.90. The zero-order valence-corrected chi connectivity index (χ0v) is 11.8. The molecule has 0 saturated carbocycles. The Balaban J connectivity index is 2.30. The molecule has 2 nitrogen and oxygen atoms in total. The summed E-state index contributed by atoms with van der Waals surface area (Å²) in [5.74, 6) is 0. The van der Waals surface area contributed by atoms with Gasteiger partial charge in [-0.25, -0.2) is 0 Å². The van der Waals surface area contributed by atoms with Crippen molar-refractivity contribution in [2.45, 2.75) is 25.6 Å². The number of alkyl halides is 3. The lowest BCUT2D eigenvalue weighted by Gasteiger charge is -2.07. The summed E-state index contributed by atoms with van der Waals surface area (Å²) in [6, 6.07) is 3.20. The summed E-state index contributed by atoms with van der Waals surface area (Å²) in [5, 5.41) is 0.709. The Morgan fingerprint density at radius 3 is 2.47 bits per heavy atom. The van der Waals surface area contributed by atoms with Crippen LogP contribution < -0.4 is 0 Å². The number of halogens is 5. The highest BCUT2D eigenvalue weighted by molar-refractivity contribution is 7.71. The average molecular weight is 329 g/mol. The Morgan fingerprint density at radius 2 is 1.84 bits per heavy atom. The van der Waals surface area contributed by atoms with E-state index in [0.29, 0.717) is 25.8 Å². The van der Waals surface area contributed by atoms with Gasteiger partial charge in [-0.05, 0) is 30.8 Å². The van der Waals surface area contributed by atoms with E-state index >= 15 is 0 Å². The van der Waals surface area contributed by atoms with Crippen LogP contribution in [0.1, 0.15) is 12.8 Å². The number of imidazole rings is 1. The molecular weight excluding hydrogens is 320 g/mol. The van der Waals surface area contributed by atoms with Gasteiger partial charge in [0.05, 0.1) is 21.1 Å². The largest absolute Gasteiger partial charge is 0.389 e. The lowest BCUT2D eigenvalue weighted by molar-refractivity contribution is -0.135. The fourth-order valence-corrected chi connectivity index (χ4v) is 2.43. The Hall–Kier alpha value is -0.720. The number of H-pyrrole nitrogens is 1. The second-order valence-corrected chi connectivity index (χ2v) is 5.29. The van der Waals surface area contributed by atoms with Gasteiger partial charge in [0.1, 0.15) is 0 Å². The van der Waals surface area contributed by atoms with Crippen molar-refractivity contribution in [3.8, 4) is 0 Å². The summed E-state index contributed by atoms with van der Waals surface area (Å²) < 4.78 is 38.4. The number of benzene rings is 1. The molecule has 8 heteroatoms. The van der Waals surface area contributed by atoms with E-state index in [0.717, 1.165) is 0 Å². The van der Waals surface area contributed by atoms with Gasteiger partial charge in [0.25, 0.3) is 0 Å². The van der Waals surface area contributed by atoms with Crippen LogP contribution in [0.25, 0.3) is 11.0 Å². The first-order valence-corrected chi connectivity index (χ1v) is 6.58. The maximum Gasteiger partial charge on any atom is 0.389 e. The SMILES string of the molecule is FC(F)(F)CCCn1c(=S)[nH]c2cc(Cl)c(Cl)cc21. The molecule has 2 rings (SSSR count). The molecule has 2 aromatic rings. The minimum absolute atomic E-state index is 0.0367. The first-order valence-electron chi connectivity index (χ1n) is 5.42. The molecule has 0 fully saturated rings. The minimum Gasteiger partial charge on any atom is -0.331 e. The van der Waals surface area contributed by atoms with E-state index in [4.69, 9.17) is 35.4 Å². The Morgan fingerprint density at radius 1 is 1.21 bits per heavy atom. The van der Waals surface area contributed by atoms with Crippen LogP contribution in [0.4, 0.5) is 13.2 Å². The molecule has 0 aliphatic heterocycles. The Labute approximate surface area is 122 Å². The van der Waals surface area contributed by atoms with E-state index in [1.54, 1.807) is 16.7 Å². The summed E-state index contributed by atoms with van der Waals surface area (Å²) in [6.45, 7) is 0.177. The summed E-state index contributed by atoms with van der Waals surface area (Å²) in [5.41, 5.74) is 1.31. The van der Waals surface area contributed by atoms with Crippen molar-refractivity contribution < 1.29 is 13.2 Å². The van der Waals surface area contributed by atoms with E-state index < -0.39 is 12.6 Å².